The van der Waals surface area contributed by atoms with Gasteiger partial charge in [-0.1, -0.05) is 6.42 Å². The molecule has 4 rings (SSSR count). The summed E-state index contributed by atoms with van der Waals surface area (Å²) in [6.45, 7) is 4.03. The minimum atomic E-state index is -0.928. The highest BCUT2D eigenvalue weighted by molar-refractivity contribution is 5.92. The molecule has 0 aliphatic carbocycles. The van der Waals surface area contributed by atoms with Crippen molar-refractivity contribution in [1.29, 1.82) is 0 Å². The van der Waals surface area contributed by atoms with Crippen molar-refractivity contribution in [3.8, 4) is 0 Å². The maximum Gasteiger partial charge on any atom is 0.335 e. The Morgan fingerprint density at radius 1 is 1.31 bits per heavy atom. The van der Waals surface area contributed by atoms with Crippen molar-refractivity contribution < 1.29 is 19.4 Å². The summed E-state index contributed by atoms with van der Waals surface area (Å²) < 4.78 is 13.4. The van der Waals surface area contributed by atoms with Crippen molar-refractivity contribution in [3.63, 3.8) is 0 Å². The maximum absolute atomic E-state index is 11.4. The van der Waals surface area contributed by atoms with Gasteiger partial charge in [0.05, 0.1) is 42.4 Å². The summed E-state index contributed by atoms with van der Waals surface area (Å²) in [5.41, 5.74) is 1.94. The predicted molar refractivity (Wildman–Crippen MR) is 96.5 cm³/mol. The fourth-order valence-electron chi connectivity index (χ4n) is 4.06. The van der Waals surface area contributed by atoms with Gasteiger partial charge in [0.15, 0.2) is 0 Å². The highest BCUT2D eigenvalue weighted by atomic mass is 16.5. The van der Waals surface area contributed by atoms with Crippen molar-refractivity contribution in [3.05, 3.63) is 29.6 Å². The van der Waals surface area contributed by atoms with Crippen molar-refractivity contribution >= 4 is 17.0 Å². The van der Waals surface area contributed by atoms with Gasteiger partial charge in [0, 0.05) is 7.11 Å². The minimum absolute atomic E-state index is 0.00818. The van der Waals surface area contributed by atoms with Crippen LogP contribution in [0.25, 0.3) is 11.0 Å². The molecule has 2 saturated heterocycles. The molecule has 0 spiro atoms. The lowest BCUT2D eigenvalue weighted by Crippen LogP contribution is -2.32. The lowest BCUT2D eigenvalue weighted by atomic mass is 10.1. The molecule has 3 heterocycles. The Labute approximate surface area is 152 Å². The summed E-state index contributed by atoms with van der Waals surface area (Å²) in [7, 11) is 1.69. The number of likely N-dealkylation sites (tertiary alicyclic amines) is 1. The van der Waals surface area contributed by atoms with E-state index in [0.29, 0.717) is 13.2 Å². The Morgan fingerprint density at radius 3 is 2.85 bits per heavy atom. The number of imidazole rings is 1. The normalized spacial score (nSPS) is 24.3. The zero-order valence-corrected chi connectivity index (χ0v) is 15.1. The number of carbonyl (C=O) groups is 1. The summed E-state index contributed by atoms with van der Waals surface area (Å²) >= 11 is 0. The van der Waals surface area contributed by atoms with E-state index in [4.69, 9.17) is 14.5 Å². The number of rotatable bonds is 5. The van der Waals surface area contributed by atoms with Crippen LogP contribution < -0.4 is 0 Å². The molecule has 1 N–H and O–H groups in total. The van der Waals surface area contributed by atoms with E-state index in [1.807, 2.05) is 0 Å². The van der Waals surface area contributed by atoms with E-state index in [1.54, 1.807) is 25.3 Å². The second-order valence-electron chi connectivity index (χ2n) is 7.12. The van der Waals surface area contributed by atoms with Crippen molar-refractivity contribution in [1.82, 2.24) is 14.5 Å². The maximum atomic E-state index is 11.4. The first-order chi connectivity index (χ1) is 12.7. The summed E-state index contributed by atoms with van der Waals surface area (Å²) in [5.74, 6) is 0.0326. The molecule has 0 bridgehead atoms. The second-order valence-corrected chi connectivity index (χ2v) is 7.12. The molecule has 26 heavy (non-hydrogen) atoms. The zero-order chi connectivity index (χ0) is 18.1. The number of piperidine rings is 1. The molecule has 1 aromatic carbocycles. The van der Waals surface area contributed by atoms with Gasteiger partial charge >= 0.3 is 5.97 Å². The van der Waals surface area contributed by atoms with E-state index < -0.39 is 5.97 Å². The van der Waals surface area contributed by atoms with E-state index >= 15 is 0 Å². The molecular formula is C19H25N3O4. The van der Waals surface area contributed by atoms with Gasteiger partial charge in [-0.2, -0.15) is 0 Å². The number of methoxy groups -OCH3 is 1. The number of ether oxygens (including phenoxy) is 2. The standard InChI is InChI=1S/C19H25N3O4/c1-25-17-12-26-11-16(17)22-15-9-13(19(23)24)5-6-14(15)20-18(22)10-21-7-3-2-4-8-21/h5-6,9,16-17H,2-4,7-8,10-12H2,1H3,(H,23,24). The fraction of sp³-hybridized carbons (Fsp3) is 0.579. The van der Waals surface area contributed by atoms with Gasteiger partial charge < -0.3 is 19.1 Å². The van der Waals surface area contributed by atoms with Crippen LogP contribution in [0.2, 0.25) is 0 Å². The number of carboxylic acids is 1. The Morgan fingerprint density at radius 2 is 2.12 bits per heavy atom. The van der Waals surface area contributed by atoms with Crippen LogP contribution in [0.1, 0.15) is 41.5 Å². The van der Waals surface area contributed by atoms with Crippen LogP contribution in [0.5, 0.6) is 0 Å². The van der Waals surface area contributed by atoms with Crippen molar-refractivity contribution in [2.24, 2.45) is 0 Å². The Balaban J connectivity index is 1.78. The van der Waals surface area contributed by atoms with Gasteiger partial charge in [-0.15, -0.1) is 0 Å². The van der Waals surface area contributed by atoms with Crippen LogP contribution in [0, 0.1) is 0 Å². The molecule has 2 fully saturated rings. The van der Waals surface area contributed by atoms with E-state index in [0.717, 1.165) is 36.5 Å². The minimum Gasteiger partial charge on any atom is -0.478 e. The van der Waals surface area contributed by atoms with Gasteiger partial charge in [0.2, 0.25) is 0 Å². The van der Waals surface area contributed by atoms with Gasteiger partial charge in [-0.25, -0.2) is 9.78 Å². The lowest BCUT2D eigenvalue weighted by Gasteiger charge is -2.28. The molecule has 0 amide bonds. The summed E-state index contributed by atoms with van der Waals surface area (Å²) in [6, 6.07) is 5.14. The van der Waals surface area contributed by atoms with Gasteiger partial charge in [-0.3, -0.25) is 4.90 Å². The number of aromatic carboxylic acids is 1. The summed E-state index contributed by atoms with van der Waals surface area (Å²) in [4.78, 5) is 18.7. The van der Waals surface area contributed by atoms with Gasteiger partial charge in [0.25, 0.3) is 0 Å². The number of hydrogen-bond acceptors (Lipinski definition) is 5. The third-order valence-electron chi connectivity index (χ3n) is 5.46. The van der Waals surface area contributed by atoms with Crippen LogP contribution in [0.3, 0.4) is 0 Å². The largest absolute Gasteiger partial charge is 0.478 e. The van der Waals surface area contributed by atoms with Crippen molar-refractivity contribution in [2.45, 2.75) is 38.0 Å². The predicted octanol–water partition coefficient (Wildman–Crippen LogP) is 2.31. The molecule has 2 aromatic rings. The number of benzene rings is 1. The molecule has 2 unspecified atom stereocenters. The number of fused-ring (bicyclic) bond motifs is 1. The van der Waals surface area contributed by atoms with Crippen LogP contribution in [-0.4, -0.2) is 65.0 Å². The summed E-state index contributed by atoms with van der Waals surface area (Å²) in [6.07, 6.45) is 3.67. The highest BCUT2D eigenvalue weighted by Crippen LogP contribution is 2.30. The topological polar surface area (TPSA) is 76.8 Å². The number of aromatic nitrogens is 2. The molecule has 0 saturated carbocycles. The summed E-state index contributed by atoms with van der Waals surface area (Å²) in [5, 5.41) is 9.38. The number of carboxylic acid groups (broad SMARTS) is 1. The van der Waals surface area contributed by atoms with Crippen LogP contribution >= 0.6 is 0 Å². The Bertz CT molecular complexity index is 797. The van der Waals surface area contributed by atoms with Crippen LogP contribution in [-0.2, 0) is 16.0 Å². The third-order valence-corrected chi connectivity index (χ3v) is 5.46. The molecule has 2 atom stereocenters. The smallest absolute Gasteiger partial charge is 0.335 e. The fourth-order valence-corrected chi connectivity index (χ4v) is 4.06. The van der Waals surface area contributed by atoms with E-state index in [-0.39, 0.29) is 17.7 Å². The number of nitrogens with zero attached hydrogens (tertiary/aromatic N) is 3. The first-order valence-corrected chi connectivity index (χ1v) is 9.24. The van der Waals surface area contributed by atoms with Crippen molar-refractivity contribution in [2.75, 3.05) is 33.4 Å². The lowest BCUT2D eigenvalue weighted by molar-refractivity contribution is 0.0681. The quantitative estimate of drug-likeness (QED) is 0.883. The monoisotopic (exact) mass is 359 g/mol. The van der Waals surface area contributed by atoms with Crippen LogP contribution in [0.4, 0.5) is 0 Å². The number of hydrogen-bond donors (Lipinski definition) is 1. The zero-order valence-electron chi connectivity index (χ0n) is 15.1. The average molecular weight is 359 g/mol. The average Bonchev–Trinajstić information content (AvgIpc) is 3.25. The van der Waals surface area contributed by atoms with E-state index in [2.05, 4.69) is 9.47 Å². The first kappa shape index (κ1) is 17.5. The third kappa shape index (κ3) is 3.22. The SMILES string of the molecule is COC1COCC1n1c(CN2CCCCC2)nc2ccc(C(=O)O)cc21. The second kappa shape index (κ2) is 7.34. The Hall–Kier alpha value is -1.96. The molecule has 0 radical (unpaired) electrons. The molecule has 1 aromatic heterocycles. The molecule has 140 valence electrons. The van der Waals surface area contributed by atoms with Gasteiger partial charge in [-0.05, 0) is 44.1 Å². The Kier molecular flexibility index (Phi) is 4.93. The van der Waals surface area contributed by atoms with E-state index in [9.17, 15) is 9.90 Å². The van der Waals surface area contributed by atoms with E-state index in [1.165, 1.54) is 19.3 Å². The first-order valence-electron chi connectivity index (χ1n) is 9.24. The highest BCUT2D eigenvalue weighted by Gasteiger charge is 2.33. The molecular weight excluding hydrogens is 334 g/mol. The van der Waals surface area contributed by atoms with Crippen LogP contribution in [0.15, 0.2) is 18.2 Å². The molecule has 7 heteroatoms. The molecule has 7 nitrogen and oxygen atoms in total. The van der Waals surface area contributed by atoms with Gasteiger partial charge in [0.1, 0.15) is 11.9 Å². The molecule has 2 aliphatic heterocycles. The molecule has 2 aliphatic rings.